The van der Waals surface area contributed by atoms with E-state index in [4.69, 9.17) is 4.74 Å². The largest absolute Gasteiger partial charge is 0.444 e. The molecule has 2 N–H and O–H groups in total. The van der Waals surface area contributed by atoms with E-state index in [0.717, 1.165) is 16.3 Å². The van der Waals surface area contributed by atoms with Crippen LogP contribution in [0.2, 0.25) is 0 Å². The Bertz CT molecular complexity index is 760. The second kappa shape index (κ2) is 8.70. The topological polar surface area (TPSA) is 67.4 Å². The van der Waals surface area contributed by atoms with Crippen molar-refractivity contribution in [3.05, 3.63) is 48.0 Å². The quantitative estimate of drug-likeness (QED) is 0.757. The lowest BCUT2D eigenvalue weighted by molar-refractivity contribution is -0.121. The number of carbonyl (C=O) groups excluding carboxylic acids is 2. The predicted molar refractivity (Wildman–Crippen MR) is 104 cm³/mol. The van der Waals surface area contributed by atoms with Gasteiger partial charge < -0.3 is 15.4 Å². The van der Waals surface area contributed by atoms with Gasteiger partial charge in [0.15, 0.2) is 0 Å². The van der Waals surface area contributed by atoms with Crippen molar-refractivity contribution >= 4 is 22.8 Å². The number of hydrogen-bond acceptors (Lipinski definition) is 3. The van der Waals surface area contributed by atoms with Crippen LogP contribution in [0.5, 0.6) is 0 Å². The molecule has 2 aromatic carbocycles. The number of nitrogens with one attached hydrogen (secondary N) is 2. The maximum atomic E-state index is 12.2. The lowest BCUT2D eigenvalue weighted by atomic mass is 9.99. The molecule has 5 heteroatoms. The van der Waals surface area contributed by atoms with E-state index >= 15 is 0 Å². The Morgan fingerprint density at radius 1 is 1.08 bits per heavy atom. The average molecular weight is 356 g/mol. The van der Waals surface area contributed by atoms with Crippen molar-refractivity contribution in [3.8, 4) is 0 Å². The summed E-state index contributed by atoms with van der Waals surface area (Å²) in [6, 6.07) is 14.2. The molecule has 0 aliphatic heterocycles. The van der Waals surface area contributed by atoms with Gasteiger partial charge in [-0.3, -0.25) is 4.79 Å². The van der Waals surface area contributed by atoms with Crippen LogP contribution in [0.4, 0.5) is 4.79 Å². The first-order valence-corrected chi connectivity index (χ1v) is 9.00. The highest BCUT2D eigenvalue weighted by molar-refractivity contribution is 5.86. The van der Waals surface area contributed by atoms with Crippen molar-refractivity contribution in [2.75, 3.05) is 6.54 Å². The number of rotatable bonds is 6. The molecule has 2 aromatic rings. The van der Waals surface area contributed by atoms with Crippen LogP contribution in [-0.2, 0) is 9.53 Å². The molecule has 0 radical (unpaired) electrons. The van der Waals surface area contributed by atoms with Crippen LogP contribution in [-0.4, -0.2) is 24.1 Å². The second-order valence-electron chi connectivity index (χ2n) is 7.39. The zero-order chi connectivity index (χ0) is 19.2. The van der Waals surface area contributed by atoms with Gasteiger partial charge >= 0.3 is 6.09 Å². The Hall–Kier alpha value is -2.56. The number of amides is 2. The number of alkyl carbamates (subject to hydrolysis) is 1. The summed E-state index contributed by atoms with van der Waals surface area (Å²) in [6.07, 6.45) is 0.458. The maximum absolute atomic E-state index is 12.2. The Morgan fingerprint density at radius 2 is 1.77 bits per heavy atom. The van der Waals surface area contributed by atoms with Gasteiger partial charge in [-0.1, -0.05) is 42.5 Å². The number of benzene rings is 2. The van der Waals surface area contributed by atoms with Crippen molar-refractivity contribution in [2.45, 2.75) is 52.2 Å². The summed E-state index contributed by atoms with van der Waals surface area (Å²) in [5.74, 6) is -0.0311. The third kappa shape index (κ3) is 6.06. The smallest absolute Gasteiger partial charge is 0.407 e. The van der Waals surface area contributed by atoms with Gasteiger partial charge in [0.05, 0.1) is 6.04 Å². The predicted octanol–water partition coefficient (Wildman–Crippen LogP) is 4.32. The Morgan fingerprint density at radius 3 is 2.50 bits per heavy atom. The zero-order valence-corrected chi connectivity index (χ0v) is 16.0. The molecule has 0 aromatic heterocycles. The maximum Gasteiger partial charge on any atom is 0.407 e. The van der Waals surface area contributed by atoms with Crippen molar-refractivity contribution in [1.29, 1.82) is 0 Å². The van der Waals surface area contributed by atoms with Crippen LogP contribution < -0.4 is 10.6 Å². The lowest BCUT2D eigenvalue weighted by Crippen LogP contribution is -2.33. The van der Waals surface area contributed by atoms with Crippen molar-refractivity contribution in [1.82, 2.24) is 10.6 Å². The van der Waals surface area contributed by atoms with Gasteiger partial charge in [-0.25, -0.2) is 4.79 Å². The van der Waals surface area contributed by atoms with Crippen molar-refractivity contribution in [3.63, 3.8) is 0 Å². The van der Waals surface area contributed by atoms with Gasteiger partial charge in [0.25, 0.3) is 0 Å². The summed E-state index contributed by atoms with van der Waals surface area (Å²) < 4.78 is 5.16. The molecule has 2 amide bonds. The van der Waals surface area contributed by atoms with E-state index in [2.05, 4.69) is 28.8 Å². The first kappa shape index (κ1) is 19.8. The molecule has 1 atom stereocenters. The van der Waals surface area contributed by atoms with Crippen LogP contribution in [0.1, 0.15) is 52.1 Å². The fourth-order valence-electron chi connectivity index (χ4n) is 2.77. The fraction of sp³-hybridized carbons (Fsp3) is 0.429. The molecule has 0 saturated heterocycles. The lowest BCUT2D eigenvalue weighted by Gasteiger charge is -2.19. The van der Waals surface area contributed by atoms with Crippen LogP contribution in [0.25, 0.3) is 10.8 Å². The fourth-order valence-corrected chi connectivity index (χ4v) is 2.77. The molecule has 0 aliphatic rings. The third-order valence-corrected chi connectivity index (χ3v) is 3.92. The number of carbonyl (C=O) groups is 2. The van der Waals surface area contributed by atoms with E-state index < -0.39 is 11.7 Å². The summed E-state index contributed by atoms with van der Waals surface area (Å²) in [5.41, 5.74) is 0.582. The van der Waals surface area contributed by atoms with E-state index in [0.29, 0.717) is 19.4 Å². The van der Waals surface area contributed by atoms with Gasteiger partial charge in [-0.05, 0) is 50.5 Å². The van der Waals surface area contributed by atoms with E-state index in [1.54, 1.807) is 0 Å². The molecule has 5 nitrogen and oxygen atoms in total. The molecule has 0 fully saturated rings. The number of ether oxygens (including phenoxy) is 1. The van der Waals surface area contributed by atoms with E-state index in [-0.39, 0.29) is 11.9 Å². The zero-order valence-electron chi connectivity index (χ0n) is 16.0. The second-order valence-corrected chi connectivity index (χ2v) is 7.39. The molecule has 26 heavy (non-hydrogen) atoms. The van der Waals surface area contributed by atoms with Crippen LogP contribution in [0.15, 0.2) is 42.5 Å². The minimum absolute atomic E-state index is 0.0311. The monoisotopic (exact) mass is 356 g/mol. The molecule has 0 heterocycles. The molecule has 0 aliphatic carbocycles. The first-order valence-electron chi connectivity index (χ1n) is 9.00. The van der Waals surface area contributed by atoms with Gasteiger partial charge in [0.1, 0.15) is 5.60 Å². The molecule has 0 bridgehead atoms. The standard InChI is InChI=1S/C21H28N2O3/c1-15(17-12-7-10-16-9-5-6-11-18(16)17)23-19(24)13-8-14-22-20(25)26-21(2,3)4/h5-7,9-12,15H,8,13-14H2,1-4H3,(H,22,25)(H,23,24). The highest BCUT2D eigenvalue weighted by Crippen LogP contribution is 2.24. The van der Waals surface area contributed by atoms with Gasteiger partial charge in [-0.15, -0.1) is 0 Å². The normalized spacial score (nSPS) is 12.5. The molecule has 1 unspecified atom stereocenters. The Labute approximate surface area is 155 Å². The van der Waals surface area contributed by atoms with Crippen LogP contribution >= 0.6 is 0 Å². The van der Waals surface area contributed by atoms with Crippen molar-refractivity contribution < 1.29 is 14.3 Å². The first-order chi connectivity index (χ1) is 12.3. The summed E-state index contributed by atoms with van der Waals surface area (Å²) in [6.45, 7) is 7.84. The van der Waals surface area contributed by atoms with Crippen LogP contribution in [0, 0.1) is 0 Å². The molecule has 0 spiro atoms. The third-order valence-electron chi connectivity index (χ3n) is 3.92. The summed E-state index contributed by atoms with van der Waals surface area (Å²) in [5, 5.41) is 8.00. The van der Waals surface area contributed by atoms with E-state index in [1.807, 2.05) is 52.0 Å². The van der Waals surface area contributed by atoms with Gasteiger partial charge in [-0.2, -0.15) is 0 Å². The summed E-state index contributed by atoms with van der Waals surface area (Å²) in [7, 11) is 0. The highest BCUT2D eigenvalue weighted by atomic mass is 16.6. The highest BCUT2D eigenvalue weighted by Gasteiger charge is 2.16. The van der Waals surface area contributed by atoms with Crippen molar-refractivity contribution in [2.24, 2.45) is 0 Å². The summed E-state index contributed by atoms with van der Waals surface area (Å²) in [4.78, 5) is 23.7. The molecule has 140 valence electrons. The Kier molecular flexibility index (Phi) is 6.61. The molecular weight excluding hydrogens is 328 g/mol. The number of fused-ring (bicyclic) bond motifs is 1. The molecule has 2 rings (SSSR count). The minimum Gasteiger partial charge on any atom is -0.444 e. The SMILES string of the molecule is CC(NC(=O)CCCNC(=O)OC(C)(C)C)c1cccc2ccccc12. The Balaban J connectivity index is 1.80. The molecule has 0 saturated carbocycles. The number of hydrogen-bond donors (Lipinski definition) is 2. The van der Waals surface area contributed by atoms with Gasteiger partial charge in [0.2, 0.25) is 5.91 Å². The minimum atomic E-state index is -0.519. The van der Waals surface area contributed by atoms with E-state index in [9.17, 15) is 9.59 Å². The van der Waals surface area contributed by atoms with Gasteiger partial charge in [0, 0.05) is 13.0 Å². The summed E-state index contributed by atoms with van der Waals surface area (Å²) >= 11 is 0. The molecular formula is C21H28N2O3. The van der Waals surface area contributed by atoms with E-state index in [1.165, 1.54) is 0 Å². The van der Waals surface area contributed by atoms with Crippen LogP contribution in [0.3, 0.4) is 0 Å². The average Bonchev–Trinajstić information content (AvgIpc) is 2.56.